The van der Waals surface area contributed by atoms with E-state index < -0.39 is 0 Å². The standard InChI is InChI=1S/C7H12N4O/c1-2-3-4-9-11-7-8-5-6(12)10-7/h4H,2-3,5H2,1H3,(H2,8,10,11,12)/b9-4+. The van der Waals surface area contributed by atoms with Gasteiger partial charge in [0.1, 0.15) is 6.54 Å². The van der Waals surface area contributed by atoms with Crippen molar-refractivity contribution in [2.75, 3.05) is 6.54 Å². The van der Waals surface area contributed by atoms with Crippen LogP contribution in [0.15, 0.2) is 10.1 Å². The molecule has 66 valence electrons. The molecule has 0 bridgehead atoms. The number of nitrogens with one attached hydrogen (secondary N) is 2. The van der Waals surface area contributed by atoms with Crippen LogP contribution in [0.25, 0.3) is 0 Å². The minimum Gasteiger partial charge on any atom is -0.294 e. The van der Waals surface area contributed by atoms with E-state index in [2.05, 4.69) is 27.8 Å². The van der Waals surface area contributed by atoms with Crippen molar-refractivity contribution in [2.24, 2.45) is 10.1 Å². The predicted octanol–water partition coefficient (Wildman–Crippen LogP) is -0.152. The minimum atomic E-state index is -0.0943. The third kappa shape index (κ3) is 2.69. The van der Waals surface area contributed by atoms with Crippen LogP contribution in [0, 0.1) is 0 Å². The molecule has 1 heterocycles. The van der Waals surface area contributed by atoms with E-state index in [1.807, 2.05) is 0 Å². The molecule has 1 amide bonds. The Balaban J connectivity index is 2.20. The van der Waals surface area contributed by atoms with Gasteiger partial charge in [-0.15, -0.1) is 0 Å². The summed E-state index contributed by atoms with van der Waals surface area (Å²) in [6.07, 6.45) is 3.74. The van der Waals surface area contributed by atoms with Gasteiger partial charge in [-0.05, 0) is 6.42 Å². The van der Waals surface area contributed by atoms with E-state index in [0.717, 1.165) is 12.8 Å². The van der Waals surface area contributed by atoms with E-state index in [0.29, 0.717) is 5.96 Å². The molecule has 0 aromatic rings. The van der Waals surface area contributed by atoms with E-state index >= 15 is 0 Å². The summed E-state index contributed by atoms with van der Waals surface area (Å²) >= 11 is 0. The third-order valence-corrected chi connectivity index (χ3v) is 1.32. The number of aliphatic imine (C=N–C) groups is 1. The van der Waals surface area contributed by atoms with Gasteiger partial charge >= 0.3 is 0 Å². The highest BCUT2D eigenvalue weighted by Crippen LogP contribution is 1.84. The summed E-state index contributed by atoms with van der Waals surface area (Å²) in [5.41, 5.74) is 2.63. The molecule has 12 heavy (non-hydrogen) atoms. The van der Waals surface area contributed by atoms with E-state index in [1.54, 1.807) is 6.21 Å². The van der Waals surface area contributed by atoms with Crippen LogP contribution in [0.2, 0.25) is 0 Å². The minimum absolute atomic E-state index is 0.0943. The zero-order valence-electron chi connectivity index (χ0n) is 7.00. The van der Waals surface area contributed by atoms with Gasteiger partial charge in [0, 0.05) is 6.21 Å². The van der Waals surface area contributed by atoms with Crippen LogP contribution in [-0.2, 0) is 4.79 Å². The van der Waals surface area contributed by atoms with Crippen molar-refractivity contribution in [2.45, 2.75) is 19.8 Å². The normalized spacial score (nSPS) is 16.4. The van der Waals surface area contributed by atoms with Crippen molar-refractivity contribution >= 4 is 18.1 Å². The Morgan fingerprint density at radius 3 is 3.25 bits per heavy atom. The summed E-state index contributed by atoms with van der Waals surface area (Å²) in [5.74, 6) is 0.343. The van der Waals surface area contributed by atoms with E-state index in [1.165, 1.54) is 0 Å². The fraction of sp³-hybridized carbons (Fsp3) is 0.571. The molecule has 0 spiro atoms. The van der Waals surface area contributed by atoms with Gasteiger partial charge in [0.25, 0.3) is 0 Å². The average Bonchev–Trinajstić information content (AvgIpc) is 2.45. The molecular formula is C7H12N4O. The maximum atomic E-state index is 10.6. The van der Waals surface area contributed by atoms with Gasteiger partial charge in [0.2, 0.25) is 11.9 Å². The molecule has 0 radical (unpaired) electrons. The third-order valence-electron chi connectivity index (χ3n) is 1.32. The van der Waals surface area contributed by atoms with Gasteiger partial charge in [-0.2, -0.15) is 5.10 Å². The number of hydrazone groups is 1. The molecule has 1 aliphatic rings. The number of hydrogen-bond acceptors (Lipinski definition) is 4. The number of hydrogen-bond donors (Lipinski definition) is 2. The molecule has 5 heteroatoms. The number of carbonyl (C=O) groups is 1. The fourth-order valence-corrected chi connectivity index (χ4v) is 0.726. The first-order valence-electron chi connectivity index (χ1n) is 3.94. The second-order valence-electron chi connectivity index (χ2n) is 2.43. The smallest absolute Gasteiger partial charge is 0.248 e. The van der Waals surface area contributed by atoms with Crippen LogP contribution in [0.1, 0.15) is 19.8 Å². The number of guanidine groups is 1. The van der Waals surface area contributed by atoms with E-state index in [9.17, 15) is 4.79 Å². The summed E-state index contributed by atoms with van der Waals surface area (Å²) in [5, 5.41) is 6.37. The van der Waals surface area contributed by atoms with Crippen molar-refractivity contribution in [1.29, 1.82) is 0 Å². The lowest BCUT2D eigenvalue weighted by Gasteiger charge is -1.96. The monoisotopic (exact) mass is 168 g/mol. The Bertz CT molecular complexity index is 221. The number of unbranched alkanes of at least 4 members (excludes halogenated alkanes) is 1. The van der Waals surface area contributed by atoms with Gasteiger partial charge in [-0.3, -0.25) is 10.1 Å². The summed E-state index contributed by atoms with van der Waals surface area (Å²) in [4.78, 5) is 14.5. The number of rotatable bonds is 3. The highest BCUT2D eigenvalue weighted by molar-refractivity contribution is 6.02. The van der Waals surface area contributed by atoms with Crippen LogP contribution in [0.4, 0.5) is 0 Å². The SMILES string of the molecule is CCC/C=N/NC1=NCC(=O)N1. The van der Waals surface area contributed by atoms with Crippen molar-refractivity contribution in [3.63, 3.8) is 0 Å². The lowest BCUT2D eigenvalue weighted by molar-refractivity contribution is -0.117. The van der Waals surface area contributed by atoms with Crippen LogP contribution in [0.5, 0.6) is 0 Å². The Labute approximate surface area is 70.9 Å². The first-order valence-corrected chi connectivity index (χ1v) is 3.94. The molecule has 0 atom stereocenters. The molecule has 0 aliphatic carbocycles. The second kappa shape index (κ2) is 4.48. The Morgan fingerprint density at radius 1 is 1.83 bits per heavy atom. The molecule has 0 unspecified atom stereocenters. The zero-order chi connectivity index (χ0) is 8.81. The number of nitrogens with zero attached hydrogens (tertiary/aromatic N) is 2. The molecule has 0 fully saturated rings. The predicted molar refractivity (Wildman–Crippen MR) is 47.0 cm³/mol. The second-order valence-corrected chi connectivity index (χ2v) is 2.43. The maximum absolute atomic E-state index is 10.6. The van der Waals surface area contributed by atoms with Crippen LogP contribution >= 0.6 is 0 Å². The largest absolute Gasteiger partial charge is 0.294 e. The van der Waals surface area contributed by atoms with Crippen molar-refractivity contribution < 1.29 is 4.79 Å². The molecule has 0 saturated carbocycles. The van der Waals surface area contributed by atoms with Gasteiger partial charge in [0.15, 0.2) is 0 Å². The lowest BCUT2D eigenvalue weighted by Crippen LogP contribution is -2.33. The summed E-state index contributed by atoms with van der Waals surface area (Å²) in [6, 6.07) is 0. The Hall–Kier alpha value is -1.39. The molecule has 0 aromatic carbocycles. The van der Waals surface area contributed by atoms with Crippen molar-refractivity contribution in [1.82, 2.24) is 10.7 Å². The Morgan fingerprint density at radius 2 is 2.67 bits per heavy atom. The molecule has 2 N–H and O–H groups in total. The maximum Gasteiger partial charge on any atom is 0.248 e. The number of carbonyl (C=O) groups excluding carboxylic acids is 1. The van der Waals surface area contributed by atoms with Gasteiger partial charge in [-0.1, -0.05) is 13.3 Å². The molecule has 5 nitrogen and oxygen atoms in total. The summed E-state index contributed by atoms with van der Waals surface area (Å²) < 4.78 is 0. The Kier molecular flexibility index (Phi) is 3.25. The van der Waals surface area contributed by atoms with Crippen LogP contribution < -0.4 is 10.7 Å². The first kappa shape index (κ1) is 8.70. The van der Waals surface area contributed by atoms with Gasteiger partial charge in [0.05, 0.1) is 0 Å². The average molecular weight is 168 g/mol. The molecule has 1 aliphatic heterocycles. The number of amides is 1. The van der Waals surface area contributed by atoms with Gasteiger partial charge < -0.3 is 0 Å². The highest BCUT2D eigenvalue weighted by Gasteiger charge is 2.11. The quantitative estimate of drug-likeness (QED) is 0.454. The molecule has 0 aromatic heterocycles. The zero-order valence-corrected chi connectivity index (χ0v) is 7.00. The van der Waals surface area contributed by atoms with Crippen molar-refractivity contribution in [3.05, 3.63) is 0 Å². The highest BCUT2D eigenvalue weighted by atomic mass is 16.2. The van der Waals surface area contributed by atoms with E-state index in [4.69, 9.17) is 0 Å². The lowest BCUT2D eigenvalue weighted by atomic mass is 10.4. The van der Waals surface area contributed by atoms with E-state index in [-0.39, 0.29) is 12.5 Å². The van der Waals surface area contributed by atoms with Crippen molar-refractivity contribution in [3.8, 4) is 0 Å². The molecule has 1 rings (SSSR count). The van der Waals surface area contributed by atoms with Gasteiger partial charge in [-0.25, -0.2) is 10.4 Å². The molecular weight excluding hydrogens is 156 g/mol. The molecule has 0 saturated heterocycles. The van der Waals surface area contributed by atoms with Crippen LogP contribution in [-0.4, -0.2) is 24.6 Å². The summed E-state index contributed by atoms with van der Waals surface area (Å²) in [7, 11) is 0. The summed E-state index contributed by atoms with van der Waals surface area (Å²) in [6.45, 7) is 2.27. The first-order chi connectivity index (χ1) is 5.83. The van der Waals surface area contributed by atoms with Crippen LogP contribution in [0.3, 0.4) is 0 Å². The topological polar surface area (TPSA) is 65.8 Å². The fourth-order valence-electron chi connectivity index (χ4n) is 0.726.